The lowest BCUT2D eigenvalue weighted by Crippen LogP contribution is -2.30. The van der Waals surface area contributed by atoms with E-state index in [0.717, 1.165) is 6.07 Å². The fourth-order valence-corrected chi connectivity index (χ4v) is 1.91. The molecule has 0 radical (unpaired) electrons. The number of benzene rings is 1. The Morgan fingerprint density at radius 3 is 2.50 bits per heavy atom. The number of anilines is 2. The van der Waals surface area contributed by atoms with Gasteiger partial charge in [-0.05, 0) is 6.07 Å². The second kappa shape index (κ2) is 4.62. The van der Waals surface area contributed by atoms with Crippen molar-refractivity contribution in [3.63, 3.8) is 0 Å². The molecule has 0 aliphatic rings. The van der Waals surface area contributed by atoms with Crippen molar-refractivity contribution in [2.24, 2.45) is 0 Å². The summed E-state index contributed by atoms with van der Waals surface area (Å²) < 4.78 is 52.4. The monoisotopic (exact) mass is 251 g/mol. The summed E-state index contributed by atoms with van der Waals surface area (Å²) in [5.74, 6) is -1.97. The Labute approximate surface area is 91.8 Å². The van der Waals surface area contributed by atoms with Gasteiger partial charge in [-0.2, -0.15) is 13.1 Å². The molecule has 0 saturated carbocycles. The Morgan fingerprint density at radius 1 is 1.31 bits per heavy atom. The average molecular weight is 251 g/mol. The number of rotatable bonds is 4. The van der Waals surface area contributed by atoms with E-state index in [0.29, 0.717) is 6.07 Å². The molecule has 1 rings (SSSR count). The fraction of sp³-hybridized carbons (Fsp3) is 0.250. The Kier molecular flexibility index (Phi) is 3.66. The molecule has 0 aliphatic carbocycles. The van der Waals surface area contributed by atoms with Crippen LogP contribution in [0.15, 0.2) is 12.1 Å². The van der Waals surface area contributed by atoms with E-state index in [2.05, 4.69) is 4.72 Å². The van der Waals surface area contributed by atoms with Gasteiger partial charge in [0.2, 0.25) is 0 Å². The van der Waals surface area contributed by atoms with Crippen molar-refractivity contribution >= 4 is 21.6 Å². The van der Waals surface area contributed by atoms with Gasteiger partial charge in [0.1, 0.15) is 11.6 Å². The third-order valence-electron chi connectivity index (χ3n) is 1.67. The highest BCUT2D eigenvalue weighted by Gasteiger charge is 2.13. The summed E-state index contributed by atoms with van der Waals surface area (Å²) >= 11 is 0. The first kappa shape index (κ1) is 12.7. The van der Waals surface area contributed by atoms with Gasteiger partial charge in [0, 0.05) is 12.6 Å². The van der Waals surface area contributed by atoms with Crippen molar-refractivity contribution < 1.29 is 17.2 Å². The molecule has 8 heteroatoms. The molecule has 0 atom stereocenters. The van der Waals surface area contributed by atoms with E-state index >= 15 is 0 Å². The number of nitrogens with two attached hydrogens (primary N) is 1. The van der Waals surface area contributed by atoms with E-state index in [4.69, 9.17) is 5.73 Å². The number of hydrogen-bond acceptors (Lipinski definition) is 3. The largest absolute Gasteiger partial charge is 0.396 e. The van der Waals surface area contributed by atoms with Crippen LogP contribution in [0.5, 0.6) is 0 Å². The molecule has 0 unspecified atom stereocenters. The summed E-state index contributed by atoms with van der Waals surface area (Å²) in [5.41, 5.74) is 4.45. The summed E-state index contributed by atoms with van der Waals surface area (Å²) in [6.45, 7) is 1.71. The number of nitrogen functional groups attached to an aromatic ring is 1. The Balaban J connectivity index is 3.03. The van der Waals surface area contributed by atoms with E-state index in [1.54, 1.807) is 6.92 Å². The first-order chi connectivity index (χ1) is 7.35. The second-order valence-corrected chi connectivity index (χ2v) is 4.46. The predicted octanol–water partition coefficient (Wildman–Crippen LogP) is 0.813. The van der Waals surface area contributed by atoms with Crippen LogP contribution in [0.2, 0.25) is 0 Å². The van der Waals surface area contributed by atoms with Crippen molar-refractivity contribution in [2.75, 3.05) is 17.0 Å². The quantitative estimate of drug-likeness (QED) is 0.692. The van der Waals surface area contributed by atoms with Crippen LogP contribution in [0.25, 0.3) is 0 Å². The smallest absolute Gasteiger partial charge is 0.299 e. The van der Waals surface area contributed by atoms with Crippen molar-refractivity contribution in [1.29, 1.82) is 0 Å². The summed E-state index contributed by atoms with van der Waals surface area (Å²) in [7, 11) is -3.85. The van der Waals surface area contributed by atoms with Gasteiger partial charge < -0.3 is 5.73 Å². The topological polar surface area (TPSA) is 84.2 Å². The van der Waals surface area contributed by atoms with Crippen LogP contribution in [0.4, 0.5) is 20.2 Å². The number of hydrogen-bond donors (Lipinski definition) is 3. The first-order valence-corrected chi connectivity index (χ1v) is 5.86. The lowest BCUT2D eigenvalue weighted by Gasteiger charge is -2.09. The van der Waals surface area contributed by atoms with E-state index in [1.165, 1.54) is 0 Å². The number of nitrogens with one attached hydrogen (secondary N) is 2. The van der Waals surface area contributed by atoms with Crippen molar-refractivity contribution in [3.05, 3.63) is 23.8 Å². The highest BCUT2D eigenvalue weighted by Crippen LogP contribution is 2.21. The van der Waals surface area contributed by atoms with Crippen molar-refractivity contribution in [3.8, 4) is 0 Å². The Morgan fingerprint density at radius 2 is 1.94 bits per heavy atom. The van der Waals surface area contributed by atoms with Gasteiger partial charge in [-0.25, -0.2) is 8.78 Å². The van der Waals surface area contributed by atoms with Crippen LogP contribution < -0.4 is 15.2 Å². The molecule has 1 aromatic carbocycles. The predicted molar refractivity (Wildman–Crippen MR) is 57.0 cm³/mol. The molecule has 1 aromatic rings. The summed E-state index contributed by atoms with van der Waals surface area (Å²) in [6.07, 6.45) is 0. The molecule has 0 bridgehead atoms. The molecule has 16 heavy (non-hydrogen) atoms. The van der Waals surface area contributed by atoms with E-state index in [-0.39, 0.29) is 12.2 Å². The third-order valence-corrected chi connectivity index (χ3v) is 2.82. The maximum Gasteiger partial charge on any atom is 0.299 e. The minimum atomic E-state index is -3.85. The molecule has 4 N–H and O–H groups in total. The first-order valence-electron chi connectivity index (χ1n) is 4.37. The molecular weight excluding hydrogens is 240 g/mol. The molecule has 0 spiro atoms. The van der Waals surface area contributed by atoms with Crippen molar-refractivity contribution in [2.45, 2.75) is 6.92 Å². The molecule has 0 saturated heterocycles. The van der Waals surface area contributed by atoms with Crippen LogP contribution in [0, 0.1) is 11.6 Å². The van der Waals surface area contributed by atoms with Crippen LogP contribution >= 0.6 is 0 Å². The van der Waals surface area contributed by atoms with Gasteiger partial charge in [-0.3, -0.25) is 4.72 Å². The van der Waals surface area contributed by atoms with Crippen molar-refractivity contribution in [1.82, 2.24) is 4.72 Å². The lowest BCUT2D eigenvalue weighted by atomic mass is 10.2. The number of halogens is 2. The lowest BCUT2D eigenvalue weighted by molar-refractivity contribution is 0.581. The third kappa shape index (κ3) is 3.04. The van der Waals surface area contributed by atoms with Gasteiger partial charge in [-0.1, -0.05) is 6.92 Å². The molecule has 0 amide bonds. The zero-order valence-corrected chi connectivity index (χ0v) is 9.24. The van der Waals surface area contributed by atoms with Gasteiger partial charge >= 0.3 is 0 Å². The molecule has 0 aromatic heterocycles. The maximum atomic E-state index is 13.2. The zero-order valence-electron chi connectivity index (χ0n) is 8.42. The minimum Gasteiger partial charge on any atom is -0.396 e. The van der Waals surface area contributed by atoms with Crippen LogP contribution in [-0.4, -0.2) is 15.0 Å². The van der Waals surface area contributed by atoms with E-state index < -0.39 is 27.5 Å². The Hall–Kier alpha value is -1.41. The molecule has 90 valence electrons. The molecular formula is C8H11F2N3O2S. The van der Waals surface area contributed by atoms with Gasteiger partial charge in [0.25, 0.3) is 10.2 Å². The van der Waals surface area contributed by atoms with Crippen LogP contribution in [0.3, 0.4) is 0 Å². The maximum absolute atomic E-state index is 13.2. The SMILES string of the molecule is CCNS(=O)(=O)Nc1cc(N)c(F)cc1F. The van der Waals surface area contributed by atoms with Gasteiger partial charge in [-0.15, -0.1) is 0 Å². The second-order valence-electron chi connectivity index (χ2n) is 2.96. The molecule has 5 nitrogen and oxygen atoms in total. The van der Waals surface area contributed by atoms with E-state index in [1.807, 2.05) is 4.72 Å². The summed E-state index contributed by atoms with van der Waals surface area (Å²) in [5, 5.41) is 0. The minimum absolute atomic E-state index is 0.146. The van der Waals surface area contributed by atoms with Crippen LogP contribution in [-0.2, 0) is 10.2 Å². The van der Waals surface area contributed by atoms with E-state index in [9.17, 15) is 17.2 Å². The molecule has 0 aliphatic heterocycles. The summed E-state index contributed by atoms with van der Waals surface area (Å²) in [4.78, 5) is 0. The normalized spacial score (nSPS) is 11.4. The molecule has 0 fully saturated rings. The fourth-order valence-electron chi connectivity index (χ4n) is 1.01. The summed E-state index contributed by atoms with van der Waals surface area (Å²) in [6, 6.07) is 1.39. The molecule has 0 heterocycles. The van der Waals surface area contributed by atoms with Crippen LogP contribution in [0.1, 0.15) is 6.92 Å². The highest BCUT2D eigenvalue weighted by atomic mass is 32.2. The highest BCUT2D eigenvalue weighted by molar-refractivity contribution is 7.90. The van der Waals surface area contributed by atoms with Gasteiger partial charge in [0.05, 0.1) is 11.4 Å². The average Bonchev–Trinajstić information content (AvgIpc) is 2.13. The Bertz CT molecular complexity index is 490. The van der Waals surface area contributed by atoms with Gasteiger partial charge in [0.15, 0.2) is 0 Å². The standard InChI is InChI=1S/C8H11F2N3O2S/c1-2-12-16(14,15)13-8-4-7(11)5(9)3-6(8)10/h3-4,12-13H,2,11H2,1H3. The zero-order chi connectivity index (χ0) is 12.3.